The van der Waals surface area contributed by atoms with Crippen LogP contribution in [0.4, 0.5) is 4.39 Å². The summed E-state index contributed by atoms with van der Waals surface area (Å²) in [4.78, 5) is 0. The second-order valence-electron chi connectivity index (χ2n) is 1.82. The second kappa shape index (κ2) is 2.80. The fourth-order valence-electron chi connectivity index (χ4n) is 0.596. The summed E-state index contributed by atoms with van der Waals surface area (Å²) in [6.07, 6.45) is 0. The van der Waals surface area contributed by atoms with Crippen LogP contribution in [-0.4, -0.2) is 5.17 Å². The van der Waals surface area contributed by atoms with E-state index in [2.05, 4.69) is 0 Å². The SMILES string of the molecule is N=C(Cl)c1ccc(F)cc1. The Morgan fingerprint density at radius 1 is 1.30 bits per heavy atom. The van der Waals surface area contributed by atoms with E-state index in [1.165, 1.54) is 24.3 Å². The Labute approximate surface area is 63.0 Å². The maximum atomic E-state index is 12.2. The van der Waals surface area contributed by atoms with E-state index in [4.69, 9.17) is 17.0 Å². The van der Waals surface area contributed by atoms with E-state index < -0.39 is 0 Å². The van der Waals surface area contributed by atoms with Crippen molar-refractivity contribution < 1.29 is 4.39 Å². The van der Waals surface area contributed by atoms with E-state index in [9.17, 15) is 4.39 Å². The average molecular weight is 158 g/mol. The highest BCUT2D eigenvalue weighted by Gasteiger charge is 1.95. The number of halogens is 2. The molecule has 3 heteroatoms. The van der Waals surface area contributed by atoms with Gasteiger partial charge in [0, 0.05) is 5.56 Å². The molecule has 0 saturated carbocycles. The van der Waals surface area contributed by atoms with Crippen LogP contribution in [0.2, 0.25) is 0 Å². The third-order valence-corrected chi connectivity index (χ3v) is 1.32. The molecule has 1 rings (SSSR count). The van der Waals surface area contributed by atoms with Gasteiger partial charge in [-0.15, -0.1) is 0 Å². The number of benzene rings is 1. The summed E-state index contributed by atoms with van der Waals surface area (Å²) < 4.78 is 12.2. The van der Waals surface area contributed by atoms with Crippen LogP contribution < -0.4 is 0 Å². The van der Waals surface area contributed by atoms with E-state index in [0.717, 1.165) is 0 Å². The highest BCUT2D eigenvalue weighted by atomic mass is 35.5. The van der Waals surface area contributed by atoms with Gasteiger partial charge in [0.15, 0.2) is 0 Å². The van der Waals surface area contributed by atoms with E-state index in [0.29, 0.717) is 5.56 Å². The maximum Gasteiger partial charge on any atom is 0.128 e. The monoisotopic (exact) mass is 157 g/mol. The summed E-state index contributed by atoms with van der Waals surface area (Å²) in [7, 11) is 0. The Kier molecular flexibility index (Phi) is 2.02. The summed E-state index contributed by atoms with van der Waals surface area (Å²) >= 11 is 5.32. The lowest BCUT2D eigenvalue weighted by Crippen LogP contribution is -1.87. The standard InChI is InChI=1S/C7H5ClFN/c8-7(10)5-1-3-6(9)4-2-5/h1-4,10H. The van der Waals surface area contributed by atoms with Gasteiger partial charge >= 0.3 is 0 Å². The number of hydrogen-bond acceptors (Lipinski definition) is 1. The molecule has 0 bridgehead atoms. The van der Waals surface area contributed by atoms with Gasteiger partial charge in [-0.3, -0.25) is 5.41 Å². The molecule has 1 N–H and O–H groups in total. The largest absolute Gasteiger partial charge is 0.289 e. The van der Waals surface area contributed by atoms with Gasteiger partial charge in [-0.05, 0) is 24.3 Å². The van der Waals surface area contributed by atoms with Crippen LogP contribution in [0.3, 0.4) is 0 Å². The highest BCUT2D eigenvalue weighted by Crippen LogP contribution is 2.04. The quantitative estimate of drug-likeness (QED) is 0.606. The summed E-state index contributed by atoms with van der Waals surface area (Å²) in [5, 5.41) is 6.88. The third-order valence-electron chi connectivity index (χ3n) is 1.10. The predicted molar refractivity (Wildman–Crippen MR) is 39.1 cm³/mol. The van der Waals surface area contributed by atoms with Crippen molar-refractivity contribution in [2.45, 2.75) is 0 Å². The molecule has 0 heterocycles. The van der Waals surface area contributed by atoms with Gasteiger partial charge in [-0.1, -0.05) is 11.6 Å². The van der Waals surface area contributed by atoms with Gasteiger partial charge in [0.2, 0.25) is 0 Å². The molecule has 0 atom stereocenters. The molecule has 0 amide bonds. The lowest BCUT2D eigenvalue weighted by Gasteiger charge is -1.92. The first-order valence-corrected chi connectivity index (χ1v) is 3.08. The highest BCUT2D eigenvalue weighted by molar-refractivity contribution is 6.68. The molecule has 10 heavy (non-hydrogen) atoms. The van der Waals surface area contributed by atoms with Gasteiger partial charge in [0.05, 0.1) is 0 Å². The van der Waals surface area contributed by atoms with Crippen LogP contribution in [0.15, 0.2) is 24.3 Å². The maximum absolute atomic E-state index is 12.2. The Hall–Kier alpha value is -0.890. The topological polar surface area (TPSA) is 23.9 Å². The van der Waals surface area contributed by atoms with Crippen LogP contribution in [0.25, 0.3) is 0 Å². The molecule has 1 nitrogen and oxygen atoms in total. The summed E-state index contributed by atoms with van der Waals surface area (Å²) in [6.45, 7) is 0. The fourth-order valence-corrected chi connectivity index (χ4v) is 0.722. The Balaban J connectivity index is 3.00. The van der Waals surface area contributed by atoms with Crippen molar-refractivity contribution in [2.75, 3.05) is 0 Å². The van der Waals surface area contributed by atoms with Crippen LogP contribution in [0, 0.1) is 11.2 Å². The van der Waals surface area contributed by atoms with Gasteiger partial charge < -0.3 is 0 Å². The molecule has 0 aliphatic rings. The molecule has 0 aliphatic heterocycles. The van der Waals surface area contributed by atoms with Crippen molar-refractivity contribution in [2.24, 2.45) is 0 Å². The molecule has 1 aromatic rings. The second-order valence-corrected chi connectivity index (χ2v) is 2.20. The molecular weight excluding hydrogens is 153 g/mol. The fraction of sp³-hybridized carbons (Fsp3) is 0. The zero-order valence-electron chi connectivity index (χ0n) is 5.07. The Bertz CT molecular complexity index is 242. The van der Waals surface area contributed by atoms with Crippen molar-refractivity contribution in [3.63, 3.8) is 0 Å². The summed E-state index contributed by atoms with van der Waals surface area (Å²) in [5.41, 5.74) is 0.531. The molecule has 0 saturated heterocycles. The average Bonchev–Trinajstić information content (AvgIpc) is 1.88. The van der Waals surface area contributed by atoms with E-state index in [1.807, 2.05) is 0 Å². The predicted octanol–water partition coefficient (Wildman–Crippen LogP) is 2.39. The molecule has 0 radical (unpaired) electrons. The number of hydrogen-bond donors (Lipinski definition) is 1. The van der Waals surface area contributed by atoms with Crippen molar-refractivity contribution >= 4 is 16.8 Å². The van der Waals surface area contributed by atoms with Gasteiger partial charge in [-0.2, -0.15) is 0 Å². The smallest absolute Gasteiger partial charge is 0.128 e. The number of nitrogens with one attached hydrogen (secondary N) is 1. The molecule has 52 valence electrons. The zero-order valence-corrected chi connectivity index (χ0v) is 5.82. The molecule has 0 unspecified atom stereocenters. The molecule has 0 aromatic heterocycles. The minimum absolute atomic E-state index is 0.0694. The Morgan fingerprint density at radius 2 is 1.80 bits per heavy atom. The molecule has 0 spiro atoms. The van der Waals surface area contributed by atoms with E-state index in [1.54, 1.807) is 0 Å². The minimum atomic E-state index is -0.318. The lowest BCUT2D eigenvalue weighted by molar-refractivity contribution is 0.628. The first-order valence-electron chi connectivity index (χ1n) is 2.70. The minimum Gasteiger partial charge on any atom is -0.289 e. The summed E-state index contributed by atoms with van der Waals surface area (Å²) in [5.74, 6) is -0.318. The first-order chi connectivity index (χ1) is 4.70. The number of rotatable bonds is 1. The van der Waals surface area contributed by atoms with Crippen molar-refractivity contribution in [3.05, 3.63) is 35.6 Å². The zero-order chi connectivity index (χ0) is 7.56. The van der Waals surface area contributed by atoms with Crippen molar-refractivity contribution in [1.82, 2.24) is 0 Å². The van der Waals surface area contributed by atoms with Crippen molar-refractivity contribution in [3.8, 4) is 0 Å². The van der Waals surface area contributed by atoms with Crippen LogP contribution in [-0.2, 0) is 0 Å². The lowest BCUT2D eigenvalue weighted by atomic mass is 10.2. The molecule has 0 fully saturated rings. The molecule has 0 aliphatic carbocycles. The van der Waals surface area contributed by atoms with Gasteiger partial charge in [0.1, 0.15) is 11.0 Å². The third kappa shape index (κ3) is 1.54. The first kappa shape index (κ1) is 7.22. The van der Waals surface area contributed by atoms with Crippen LogP contribution >= 0.6 is 11.6 Å². The van der Waals surface area contributed by atoms with E-state index in [-0.39, 0.29) is 11.0 Å². The Morgan fingerprint density at radius 3 is 2.20 bits per heavy atom. The van der Waals surface area contributed by atoms with Gasteiger partial charge in [0.25, 0.3) is 0 Å². The van der Waals surface area contributed by atoms with Crippen LogP contribution in [0.1, 0.15) is 5.56 Å². The van der Waals surface area contributed by atoms with Crippen molar-refractivity contribution in [1.29, 1.82) is 5.41 Å². The van der Waals surface area contributed by atoms with E-state index >= 15 is 0 Å². The molecule has 1 aromatic carbocycles. The van der Waals surface area contributed by atoms with Gasteiger partial charge in [-0.25, -0.2) is 4.39 Å². The van der Waals surface area contributed by atoms with Crippen LogP contribution in [0.5, 0.6) is 0 Å². The normalized spacial score (nSPS) is 9.40. The molecular formula is C7H5ClFN. The summed E-state index contributed by atoms with van der Waals surface area (Å²) in [6, 6.07) is 5.47.